The molecule has 4 N–H and O–H groups in total. The summed E-state index contributed by atoms with van der Waals surface area (Å²) in [6, 6.07) is 44.0. The van der Waals surface area contributed by atoms with Crippen molar-refractivity contribution >= 4 is 37.5 Å². The molecule has 4 rings (SSSR count). The van der Waals surface area contributed by atoms with Crippen molar-refractivity contribution in [1.29, 1.82) is 0 Å². The molecule has 0 unspecified atom stereocenters. The Morgan fingerprint density at radius 1 is 0.367 bits per heavy atom. The van der Waals surface area contributed by atoms with Gasteiger partial charge in [0, 0.05) is 0 Å². The molecule has 0 saturated carbocycles. The Balaban J connectivity index is 0.000000461. The van der Waals surface area contributed by atoms with Crippen LogP contribution in [0.3, 0.4) is 0 Å². The van der Waals surface area contributed by atoms with Crippen molar-refractivity contribution in [2.75, 3.05) is 0 Å². The van der Waals surface area contributed by atoms with Crippen LogP contribution in [-0.2, 0) is 0 Å². The van der Waals surface area contributed by atoms with Gasteiger partial charge in [0.05, 0.1) is 0 Å². The van der Waals surface area contributed by atoms with Crippen molar-refractivity contribution in [1.82, 2.24) is 0 Å². The van der Waals surface area contributed by atoms with E-state index < -0.39 is 16.3 Å². The molecule has 0 radical (unpaired) electrons. The molecule has 0 aliphatic rings. The molecule has 0 saturated heterocycles. The zero-order valence-electron chi connectivity index (χ0n) is 16.3. The summed E-state index contributed by atoms with van der Waals surface area (Å²) in [5, 5.41) is 5.66. The first-order chi connectivity index (χ1) is 14.4. The third-order valence-electron chi connectivity index (χ3n) is 4.83. The van der Waals surface area contributed by atoms with Gasteiger partial charge >= 0.3 is 159 Å². The van der Waals surface area contributed by atoms with Gasteiger partial charge in [-0.3, -0.25) is 0 Å². The minimum absolute atomic E-state index is 1.42. The van der Waals surface area contributed by atoms with E-state index in [2.05, 4.69) is 121 Å². The predicted molar refractivity (Wildman–Crippen MR) is 127 cm³/mol. The summed E-state index contributed by atoms with van der Waals surface area (Å²) >= 11 is 0. The van der Waals surface area contributed by atoms with Gasteiger partial charge < -0.3 is 19.2 Å². The second-order valence-corrected chi connectivity index (χ2v) is 11.8. The number of benzene rings is 4. The maximum absolute atomic E-state index is 7.33. The number of rotatable bonds is 4. The molecule has 0 aliphatic carbocycles. The van der Waals surface area contributed by atoms with Gasteiger partial charge in [0.15, 0.2) is 0 Å². The molecule has 30 heavy (non-hydrogen) atoms. The molecule has 0 heterocycles. The third kappa shape index (κ3) is 5.29. The zero-order chi connectivity index (χ0) is 21.5. The van der Waals surface area contributed by atoms with E-state index in [1.165, 1.54) is 21.2 Å². The van der Waals surface area contributed by atoms with Gasteiger partial charge in [-0.15, -0.1) is 0 Å². The second kappa shape index (κ2) is 9.91. The summed E-state index contributed by atoms with van der Waals surface area (Å²) in [6.07, 6.45) is 0. The molecular formula is C24H25O4PSi. The van der Waals surface area contributed by atoms with Gasteiger partial charge in [-0.2, -0.15) is 0 Å². The summed E-state index contributed by atoms with van der Waals surface area (Å²) in [7, 11) is -6.91. The van der Waals surface area contributed by atoms with E-state index in [1.54, 1.807) is 0 Å². The molecule has 6 heteroatoms. The van der Waals surface area contributed by atoms with Crippen LogP contribution in [0, 0.1) is 0 Å². The monoisotopic (exact) mass is 436 g/mol. The molecule has 0 spiro atoms. The summed E-state index contributed by atoms with van der Waals surface area (Å²) in [5.74, 6) is 0. The molecule has 0 aliphatic heterocycles. The molecule has 0 aromatic heterocycles. The SMILES string of the molecule is O[Si](O)(O)O.c1ccc([PH](c2ccccc2)(c2ccccc2)c2ccccc2)cc1. The first-order valence-corrected chi connectivity index (χ1v) is 13.3. The number of hydrogen-bond acceptors (Lipinski definition) is 4. The quantitative estimate of drug-likeness (QED) is 0.288. The van der Waals surface area contributed by atoms with E-state index >= 15 is 0 Å². The molecule has 0 bridgehead atoms. The van der Waals surface area contributed by atoms with Crippen LogP contribution in [0.25, 0.3) is 0 Å². The van der Waals surface area contributed by atoms with E-state index in [9.17, 15) is 0 Å². The molecule has 4 nitrogen and oxygen atoms in total. The van der Waals surface area contributed by atoms with Crippen LogP contribution < -0.4 is 21.2 Å². The fraction of sp³-hybridized carbons (Fsp3) is 0. The topological polar surface area (TPSA) is 80.9 Å². The Morgan fingerprint density at radius 3 is 0.700 bits per heavy atom. The number of hydrogen-bond donors (Lipinski definition) is 4. The third-order valence-corrected chi connectivity index (χ3v) is 9.62. The average molecular weight is 437 g/mol. The summed E-state index contributed by atoms with van der Waals surface area (Å²) in [4.78, 5) is 29.3. The Kier molecular flexibility index (Phi) is 7.29. The first-order valence-electron chi connectivity index (χ1n) is 9.54. The average Bonchev–Trinajstić information content (AvgIpc) is 2.76. The minimum atomic E-state index is -4.61. The van der Waals surface area contributed by atoms with Crippen LogP contribution in [-0.4, -0.2) is 28.2 Å². The van der Waals surface area contributed by atoms with Crippen LogP contribution >= 0.6 is 7.26 Å². The van der Waals surface area contributed by atoms with E-state index in [4.69, 9.17) is 19.2 Å². The van der Waals surface area contributed by atoms with Crippen LogP contribution in [0.4, 0.5) is 0 Å². The van der Waals surface area contributed by atoms with Gasteiger partial charge in [0.1, 0.15) is 0 Å². The van der Waals surface area contributed by atoms with Gasteiger partial charge in [0.2, 0.25) is 0 Å². The van der Waals surface area contributed by atoms with E-state index in [0.717, 1.165) is 0 Å². The molecule has 4 aromatic carbocycles. The first kappa shape index (κ1) is 22.1. The molecular weight excluding hydrogens is 411 g/mol. The van der Waals surface area contributed by atoms with Crippen LogP contribution in [0.2, 0.25) is 0 Å². The Labute approximate surface area is 178 Å². The predicted octanol–water partition coefficient (Wildman–Crippen LogP) is 1.43. The summed E-state index contributed by atoms with van der Waals surface area (Å²) in [5.41, 5.74) is 0. The fourth-order valence-corrected chi connectivity index (χ4v) is 8.52. The Bertz CT molecular complexity index is 855. The van der Waals surface area contributed by atoms with Gasteiger partial charge in [-0.25, -0.2) is 0 Å². The van der Waals surface area contributed by atoms with Crippen molar-refractivity contribution in [3.05, 3.63) is 121 Å². The standard InChI is InChI=1S/C24H21P.H4O4Si/c1-5-13-21(14-6-1)25(22-15-7-2-8-16-22,23-17-9-3-10-18-23)24-19-11-4-12-20-24;1-5(2,3)4/h1-20,25H;1-4H. The molecule has 0 amide bonds. The van der Waals surface area contributed by atoms with Crippen LogP contribution in [0.15, 0.2) is 121 Å². The summed E-state index contributed by atoms with van der Waals surface area (Å²) in [6.45, 7) is 0. The second-order valence-electron chi connectivity index (χ2n) is 6.81. The summed E-state index contributed by atoms with van der Waals surface area (Å²) < 4.78 is 0. The van der Waals surface area contributed by atoms with Crippen LogP contribution in [0.1, 0.15) is 0 Å². The van der Waals surface area contributed by atoms with Gasteiger partial charge in [0.25, 0.3) is 0 Å². The van der Waals surface area contributed by atoms with Crippen molar-refractivity contribution in [2.24, 2.45) is 0 Å². The van der Waals surface area contributed by atoms with Crippen molar-refractivity contribution in [3.8, 4) is 0 Å². The van der Waals surface area contributed by atoms with E-state index in [-0.39, 0.29) is 0 Å². The van der Waals surface area contributed by atoms with Gasteiger partial charge in [-0.1, -0.05) is 0 Å². The van der Waals surface area contributed by atoms with Gasteiger partial charge in [-0.05, 0) is 0 Å². The Morgan fingerprint density at radius 2 is 0.533 bits per heavy atom. The van der Waals surface area contributed by atoms with Crippen molar-refractivity contribution in [3.63, 3.8) is 0 Å². The van der Waals surface area contributed by atoms with Crippen LogP contribution in [0.5, 0.6) is 0 Å². The van der Waals surface area contributed by atoms with E-state index in [0.29, 0.717) is 0 Å². The Hall–Kier alpha value is -2.63. The van der Waals surface area contributed by atoms with Crippen molar-refractivity contribution < 1.29 is 19.2 Å². The molecule has 0 atom stereocenters. The van der Waals surface area contributed by atoms with Crippen molar-refractivity contribution in [2.45, 2.75) is 0 Å². The zero-order valence-corrected chi connectivity index (χ0v) is 18.3. The normalized spacial score (nSPS) is 11.9. The molecule has 4 aromatic rings. The molecule has 154 valence electrons. The maximum atomic E-state index is 7.33. The van der Waals surface area contributed by atoms with E-state index in [1.807, 2.05) is 0 Å². The fourth-order valence-electron chi connectivity index (χ4n) is 3.75. The molecule has 0 fully saturated rings.